The van der Waals surface area contributed by atoms with Crippen LogP contribution in [0.2, 0.25) is 0 Å². The maximum Gasteiger partial charge on any atom is 0.0638 e. The molecule has 0 aliphatic carbocycles. The van der Waals surface area contributed by atoms with E-state index in [2.05, 4.69) is 30.1 Å². The zero-order chi connectivity index (χ0) is 11.8. The number of likely N-dealkylation sites (N-methyl/N-ethyl adjacent to an activating group) is 1. The number of hydrogen-bond donors (Lipinski definition) is 1. The standard InChI is InChI=1S/C13H25N3/c1-3-13(8-9-14)16(4-2)11-12-7-5-6-10-15-12/h12-13,15H,3-8,10-11H2,1-2H3. The smallest absolute Gasteiger partial charge is 0.0638 e. The molecule has 2 atom stereocenters. The summed E-state index contributed by atoms with van der Waals surface area (Å²) in [5.41, 5.74) is 0. The summed E-state index contributed by atoms with van der Waals surface area (Å²) in [6, 6.07) is 3.39. The molecule has 0 spiro atoms. The van der Waals surface area contributed by atoms with Crippen LogP contribution in [0.5, 0.6) is 0 Å². The average molecular weight is 223 g/mol. The molecule has 3 nitrogen and oxygen atoms in total. The van der Waals surface area contributed by atoms with Crippen LogP contribution >= 0.6 is 0 Å². The molecule has 1 rings (SSSR count). The van der Waals surface area contributed by atoms with Gasteiger partial charge in [-0.2, -0.15) is 5.26 Å². The maximum absolute atomic E-state index is 8.83. The van der Waals surface area contributed by atoms with Crippen molar-refractivity contribution in [3.05, 3.63) is 0 Å². The van der Waals surface area contributed by atoms with Crippen LogP contribution in [0.15, 0.2) is 0 Å². The molecule has 1 fully saturated rings. The molecule has 1 N–H and O–H groups in total. The first-order valence-corrected chi connectivity index (χ1v) is 6.66. The monoisotopic (exact) mass is 223 g/mol. The van der Waals surface area contributed by atoms with Gasteiger partial charge in [0.25, 0.3) is 0 Å². The normalized spacial score (nSPS) is 23.0. The molecule has 0 radical (unpaired) electrons. The quantitative estimate of drug-likeness (QED) is 0.750. The zero-order valence-electron chi connectivity index (χ0n) is 10.7. The lowest BCUT2D eigenvalue weighted by molar-refractivity contribution is 0.171. The summed E-state index contributed by atoms with van der Waals surface area (Å²) >= 11 is 0. The topological polar surface area (TPSA) is 39.1 Å². The van der Waals surface area contributed by atoms with E-state index in [4.69, 9.17) is 5.26 Å². The molecule has 0 bridgehead atoms. The van der Waals surface area contributed by atoms with Crippen LogP contribution in [0.1, 0.15) is 46.0 Å². The van der Waals surface area contributed by atoms with Gasteiger partial charge in [-0.05, 0) is 32.4 Å². The number of piperidine rings is 1. The largest absolute Gasteiger partial charge is 0.313 e. The van der Waals surface area contributed by atoms with E-state index in [1.165, 1.54) is 19.3 Å². The Kier molecular flexibility index (Phi) is 6.44. The third-order valence-electron chi connectivity index (χ3n) is 3.59. The second-order valence-electron chi connectivity index (χ2n) is 4.66. The SMILES string of the molecule is CCC(CC#N)N(CC)CC1CCCCN1. The first kappa shape index (κ1) is 13.5. The van der Waals surface area contributed by atoms with Gasteiger partial charge >= 0.3 is 0 Å². The zero-order valence-corrected chi connectivity index (χ0v) is 10.7. The van der Waals surface area contributed by atoms with E-state index in [-0.39, 0.29) is 0 Å². The minimum atomic E-state index is 0.443. The molecule has 92 valence electrons. The Bertz CT molecular complexity index is 216. The molecule has 1 heterocycles. The van der Waals surface area contributed by atoms with Gasteiger partial charge in [-0.3, -0.25) is 4.90 Å². The van der Waals surface area contributed by atoms with Crippen LogP contribution < -0.4 is 5.32 Å². The predicted octanol–water partition coefficient (Wildman–Crippen LogP) is 2.14. The number of rotatable bonds is 6. The lowest BCUT2D eigenvalue weighted by atomic mass is 10.0. The van der Waals surface area contributed by atoms with Gasteiger partial charge in [0, 0.05) is 18.6 Å². The van der Waals surface area contributed by atoms with Gasteiger partial charge in [0.15, 0.2) is 0 Å². The van der Waals surface area contributed by atoms with E-state index in [0.717, 1.165) is 26.1 Å². The minimum Gasteiger partial charge on any atom is -0.313 e. The molecule has 1 aliphatic heterocycles. The van der Waals surface area contributed by atoms with Crippen molar-refractivity contribution in [2.45, 2.75) is 58.0 Å². The Balaban J connectivity index is 2.42. The number of nitriles is 1. The number of nitrogens with zero attached hydrogens (tertiary/aromatic N) is 2. The highest BCUT2D eigenvalue weighted by atomic mass is 15.2. The van der Waals surface area contributed by atoms with Crippen LogP contribution in [0.3, 0.4) is 0 Å². The Labute approximate surface area is 99.8 Å². The summed E-state index contributed by atoms with van der Waals surface area (Å²) in [5, 5.41) is 12.4. The van der Waals surface area contributed by atoms with E-state index in [0.29, 0.717) is 18.5 Å². The maximum atomic E-state index is 8.83. The third kappa shape index (κ3) is 4.11. The fourth-order valence-corrected chi connectivity index (χ4v) is 2.54. The highest BCUT2D eigenvalue weighted by molar-refractivity contribution is 4.84. The molecular formula is C13H25N3. The van der Waals surface area contributed by atoms with Crippen LogP contribution in [-0.4, -0.2) is 36.6 Å². The number of nitrogens with one attached hydrogen (secondary N) is 1. The third-order valence-corrected chi connectivity index (χ3v) is 3.59. The highest BCUT2D eigenvalue weighted by Gasteiger charge is 2.20. The van der Waals surface area contributed by atoms with Crippen molar-refractivity contribution < 1.29 is 0 Å². The van der Waals surface area contributed by atoms with E-state index < -0.39 is 0 Å². The van der Waals surface area contributed by atoms with Gasteiger partial charge < -0.3 is 5.32 Å². The molecule has 2 unspecified atom stereocenters. The van der Waals surface area contributed by atoms with Crippen molar-refractivity contribution in [1.29, 1.82) is 5.26 Å². The Hall–Kier alpha value is -0.590. The summed E-state index contributed by atoms with van der Waals surface area (Å²) in [6.45, 7) is 7.70. The van der Waals surface area contributed by atoms with Crippen LogP contribution in [0.25, 0.3) is 0 Å². The van der Waals surface area contributed by atoms with Crippen molar-refractivity contribution in [3.8, 4) is 6.07 Å². The van der Waals surface area contributed by atoms with Gasteiger partial charge in [0.05, 0.1) is 12.5 Å². The molecule has 16 heavy (non-hydrogen) atoms. The molecule has 0 saturated carbocycles. The van der Waals surface area contributed by atoms with Crippen LogP contribution in [0.4, 0.5) is 0 Å². The van der Waals surface area contributed by atoms with Crippen molar-refractivity contribution in [2.75, 3.05) is 19.6 Å². The van der Waals surface area contributed by atoms with E-state index >= 15 is 0 Å². The predicted molar refractivity (Wildman–Crippen MR) is 67.2 cm³/mol. The fourth-order valence-electron chi connectivity index (χ4n) is 2.54. The second-order valence-corrected chi connectivity index (χ2v) is 4.66. The summed E-state index contributed by atoms with van der Waals surface area (Å²) < 4.78 is 0. The Morgan fingerprint density at radius 2 is 2.25 bits per heavy atom. The van der Waals surface area contributed by atoms with Gasteiger partial charge in [-0.25, -0.2) is 0 Å². The molecule has 3 heteroatoms. The van der Waals surface area contributed by atoms with E-state index in [1.807, 2.05) is 0 Å². The molecule has 0 aromatic carbocycles. The number of hydrogen-bond acceptors (Lipinski definition) is 3. The molecule has 0 aromatic rings. The van der Waals surface area contributed by atoms with Crippen molar-refractivity contribution in [3.63, 3.8) is 0 Å². The van der Waals surface area contributed by atoms with Gasteiger partial charge in [-0.15, -0.1) is 0 Å². The van der Waals surface area contributed by atoms with Crippen LogP contribution in [-0.2, 0) is 0 Å². The minimum absolute atomic E-state index is 0.443. The van der Waals surface area contributed by atoms with Gasteiger partial charge in [0.1, 0.15) is 0 Å². The van der Waals surface area contributed by atoms with Gasteiger partial charge in [-0.1, -0.05) is 20.3 Å². The van der Waals surface area contributed by atoms with Crippen molar-refractivity contribution in [1.82, 2.24) is 10.2 Å². The fraction of sp³-hybridized carbons (Fsp3) is 0.923. The Morgan fingerprint density at radius 3 is 2.75 bits per heavy atom. The molecule has 0 amide bonds. The average Bonchev–Trinajstić information content (AvgIpc) is 2.35. The molecular weight excluding hydrogens is 198 g/mol. The van der Waals surface area contributed by atoms with Crippen molar-refractivity contribution >= 4 is 0 Å². The highest BCUT2D eigenvalue weighted by Crippen LogP contribution is 2.13. The summed E-state index contributed by atoms with van der Waals surface area (Å²) in [6.07, 6.45) is 5.70. The van der Waals surface area contributed by atoms with E-state index in [9.17, 15) is 0 Å². The van der Waals surface area contributed by atoms with E-state index in [1.54, 1.807) is 0 Å². The van der Waals surface area contributed by atoms with Gasteiger partial charge in [0.2, 0.25) is 0 Å². The lowest BCUT2D eigenvalue weighted by Crippen LogP contribution is -2.47. The lowest BCUT2D eigenvalue weighted by Gasteiger charge is -2.34. The Morgan fingerprint density at radius 1 is 1.44 bits per heavy atom. The first-order chi connectivity index (χ1) is 7.81. The van der Waals surface area contributed by atoms with Crippen molar-refractivity contribution in [2.24, 2.45) is 0 Å². The molecule has 0 aromatic heterocycles. The molecule has 1 saturated heterocycles. The van der Waals surface area contributed by atoms with Crippen LogP contribution in [0, 0.1) is 11.3 Å². The molecule has 1 aliphatic rings. The summed E-state index contributed by atoms with van der Waals surface area (Å²) in [4.78, 5) is 2.46. The summed E-state index contributed by atoms with van der Waals surface area (Å²) in [7, 11) is 0. The summed E-state index contributed by atoms with van der Waals surface area (Å²) in [5.74, 6) is 0. The first-order valence-electron chi connectivity index (χ1n) is 6.66. The second kappa shape index (κ2) is 7.65.